The van der Waals surface area contributed by atoms with Crippen molar-refractivity contribution in [1.82, 2.24) is 28.1 Å². The molecule has 0 aliphatic rings. The van der Waals surface area contributed by atoms with Crippen LogP contribution >= 0.6 is 11.3 Å². The molecule has 6 aromatic rings. The molecule has 2 aromatic carbocycles. The summed E-state index contributed by atoms with van der Waals surface area (Å²) in [5.74, 6) is 0. The number of fused-ring (bicyclic) bond motifs is 2. The first-order chi connectivity index (χ1) is 17.6. The summed E-state index contributed by atoms with van der Waals surface area (Å²) in [6.07, 6.45) is 3.24. The van der Waals surface area contributed by atoms with Gasteiger partial charge >= 0.3 is 5.69 Å². The SMILES string of the molecule is O=c1c2c(ncn2Cc2ccccc2)n(Cc2ccccc2)c(=O)n1Cc1cc(=O)n2ccsc2n1. The van der Waals surface area contributed by atoms with E-state index in [2.05, 4.69) is 9.97 Å². The highest BCUT2D eigenvalue weighted by atomic mass is 32.1. The number of hydrogen-bond donors (Lipinski definition) is 0. The average Bonchev–Trinajstić information content (AvgIpc) is 3.53. The van der Waals surface area contributed by atoms with Crippen molar-refractivity contribution in [3.8, 4) is 0 Å². The fourth-order valence-electron chi connectivity index (χ4n) is 4.32. The molecule has 0 saturated carbocycles. The van der Waals surface area contributed by atoms with Crippen molar-refractivity contribution < 1.29 is 0 Å². The van der Waals surface area contributed by atoms with Crippen LogP contribution in [-0.4, -0.2) is 28.1 Å². The second kappa shape index (κ2) is 8.90. The Hall–Kier alpha value is -4.57. The van der Waals surface area contributed by atoms with E-state index >= 15 is 0 Å². The molecule has 0 unspecified atom stereocenters. The highest BCUT2D eigenvalue weighted by Gasteiger charge is 2.19. The van der Waals surface area contributed by atoms with E-state index < -0.39 is 11.2 Å². The third-order valence-corrected chi connectivity index (χ3v) is 6.80. The molecular formula is C26H20N6O3S. The number of rotatable bonds is 6. The molecule has 6 rings (SSSR count). The number of thiazole rings is 1. The number of imidazole rings is 1. The molecule has 0 aliphatic carbocycles. The third-order valence-electron chi connectivity index (χ3n) is 6.04. The van der Waals surface area contributed by atoms with E-state index in [4.69, 9.17) is 0 Å². The van der Waals surface area contributed by atoms with E-state index in [1.807, 2.05) is 60.7 Å². The molecule has 36 heavy (non-hydrogen) atoms. The standard InChI is InChI=1S/C26H20N6O3S/c33-21-13-20(28-25-30(21)11-12-36-25)16-32-24(34)22-23(27-17-29(22)14-18-7-3-1-4-8-18)31(26(32)35)15-19-9-5-2-6-10-19/h1-13,17H,14-16H2. The first kappa shape index (κ1) is 21.9. The van der Waals surface area contributed by atoms with Crippen LogP contribution in [0, 0.1) is 0 Å². The number of hydrogen-bond acceptors (Lipinski definition) is 6. The Labute approximate surface area is 207 Å². The van der Waals surface area contributed by atoms with Gasteiger partial charge in [-0.25, -0.2) is 14.8 Å². The molecule has 9 nitrogen and oxygen atoms in total. The largest absolute Gasteiger partial charge is 0.333 e. The highest BCUT2D eigenvalue weighted by molar-refractivity contribution is 7.15. The maximum Gasteiger partial charge on any atom is 0.333 e. The van der Waals surface area contributed by atoms with E-state index in [-0.39, 0.29) is 18.6 Å². The number of benzene rings is 2. The molecule has 0 saturated heterocycles. The topological polar surface area (TPSA) is 96.2 Å². The van der Waals surface area contributed by atoms with Gasteiger partial charge in [-0.3, -0.25) is 23.1 Å². The quantitative estimate of drug-likeness (QED) is 0.353. The molecular weight excluding hydrogens is 476 g/mol. The molecule has 10 heteroatoms. The third kappa shape index (κ3) is 3.87. The van der Waals surface area contributed by atoms with Crippen molar-refractivity contribution in [1.29, 1.82) is 0 Å². The van der Waals surface area contributed by atoms with Crippen LogP contribution < -0.4 is 16.8 Å². The van der Waals surface area contributed by atoms with Gasteiger partial charge in [0.1, 0.15) is 0 Å². The summed E-state index contributed by atoms with van der Waals surface area (Å²) >= 11 is 1.31. The van der Waals surface area contributed by atoms with E-state index in [0.717, 1.165) is 15.7 Å². The van der Waals surface area contributed by atoms with Crippen LogP contribution in [-0.2, 0) is 19.6 Å². The fraction of sp³-hybridized carbons (Fsp3) is 0.115. The zero-order valence-corrected chi connectivity index (χ0v) is 19.8. The molecule has 0 atom stereocenters. The van der Waals surface area contributed by atoms with Crippen molar-refractivity contribution in [3.05, 3.63) is 133 Å². The molecule has 178 valence electrons. The van der Waals surface area contributed by atoms with E-state index in [0.29, 0.717) is 28.4 Å². The minimum atomic E-state index is -0.505. The molecule has 0 amide bonds. The van der Waals surface area contributed by atoms with Gasteiger partial charge in [-0.2, -0.15) is 0 Å². The Morgan fingerprint density at radius 2 is 1.50 bits per heavy atom. The smallest absolute Gasteiger partial charge is 0.320 e. The van der Waals surface area contributed by atoms with Crippen molar-refractivity contribution in [3.63, 3.8) is 0 Å². The van der Waals surface area contributed by atoms with Gasteiger partial charge in [-0.15, -0.1) is 11.3 Å². The van der Waals surface area contributed by atoms with Gasteiger partial charge < -0.3 is 4.57 Å². The normalized spacial score (nSPS) is 11.4. The van der Waals surface area contributed by atoms with Gasteiger partial charge in [0.15, 0.2) is 16.1 Å². The summed E-state index contributed by atoms with van der Waals surface area (Å²) in [7, 11) is 0. The maximum atomic E-state index is 13.7. The zero-order valence-electron chi connectivity index (χ0n) is 19.0. The fourth-order valence-corrected chi connectivity index (χ4v) is 5.06. The first-order valence-electron chi connectivity index (χ1n) is 11.3. The van der Waals surface area contributed by atoms with Crippen LogP contribution in [0.5, 0.6) is 0 Å². The predicted molar refractivity (Wildman–Crippen MR) is 138 cm³/mol. The first-order valence-corrected chi connectivity index (χ1v) is 12.2. The molecule has 0 bridgehead atoms. The van der Waals surface area contributed by atoms with E-state index in [1.165, 1.54) is 26.4 Å². The summed E-state index contributed by atoms with van der Waals surface area (Å²) in [5, 5.41) is 1.76. The highest BCUT2D eigenvalue weighted by Crippen LogP contribution is 2.13. The van der Waals surface area contributed by atoms with Crippen LogP contribution in [0.2, 0.25) is 0 Å². The summed E-state index contributed by atoms with van der Waals surface area (Å²) < 4.78 is 5.84. The van der Waals surface area contributed by atoms with Gasteiger partial charge in [0.05, 0.1) is 25.1 Å². The average molecular weight is 497 g/mol. The summed E-state index contributed by atoms with van der Waals surface area (Å²) in [6.45, 7) is 0.554. The second-order valence-corrected chi connectivity index (χ2v) is 9.29. The molecule has 0 fully saturated rings. The molecule has 0 N–H and O–H groups in total. The van der Waals surface area contributed by atoms with Gasteiger partial charge in [0, 0.05) is 24.2 Å². The summed E-state index contributed by atoms with van der Waals surface area (Å²) in [6, 6.07) is 20.6. The maximum absolute atomic E-state index is 13.7. The lowest BCUT2D eigenvalue weighted by molar-refractivity contribution is 0.621. The van der Waals surface area contributed by atoms with Crippen LogP contribution in [0.4, 0.5) is 0 Å². The van der Waals surface area contributed by atoms with E-state index in [9.17, 15) is 14.4 Å². The van der Waals surface area contributed by atoms with Crippen LogP contribution in [0.1, 0.15) is 16.8 Å². The lowest BCUT2D eigenvalue weighted by atomic mass is 10.2. The van der Waals surface area contributed by atoms with Crippen molar-refractivity contribution >= 4 is 27.5 Å². The van der Waals surface area contributed by atoms with Crippen molar-refractivity contribution in [2.75, 3.05) is 0 Å². The van der Waals surface area contributed by atoms with Crippen LogP contribution in [0.25, 0.3) is 16.1 Å². The van der Waals surface area contributed by atoms with Crippen LogP contribution in [0.3, 0.4) is 0 Å². The monoisotopic (exact) mass is 496 g/mol. The number of aromatic nitrogens is 6. The summed E-state index contributed by atoms with van der Waals surface area (Å²) in [5.41, 5.74) is 1.66. The minimum absolute atomic E-state index is 0.122. The molecule has 0 spiro atoms. The Morgan fingerprint density at radius 3 is 2.22 bits per heavy atom. The van der Waals surface area contributed by atoms with Gasteiger partial charge in [0.25, 0.3) is 11.1 Å². The Balaban J connectivity index is 1.54. The minimum Gasteiger partial charge on any atom is -0.320 e. The van der Waals surface area contributed by atoms with E-state index in [1.54, 1.807) is 22.5 Å². The molecule has 0 radical (unpaired) electrons. The lowest BCUT2D eigenvalue weighted by Crippen LogP contribution is -2.41. The lowest BCUT2D eigenvalue weighted by Gasteiger charge is -2.13. The zero-order chi connectivity index (χ0) is 24.6. The van der Waals surface area contributed by atoms with Crippen molar-refractivity contribution in [2.45, 2.75) is 19.6 Å². The Bertz CT molecular complexity index is 1880. The molecule has 4 heterocycles. The van der Waals surface area contributed by atoms with Gasteiger partial charge in [-0.05, 0) is 11.1 Å². The predicted octanol–water partition coefficient (Wildman–Crippen LogP) is 2.57. The van der Waals surface area contributed by atoms with Gasteiger partial charge in [0.2, 0.25) is 0 Å². The number of nitrogens with zero attached hydrogens (tertiary/aromatic N) is 6. The molecule has 0 aliphatic heterocycles. The van der Waals surface area contributed by atoms with Gasteiger partial charge in [-0.1, -0.05) is 60.7 Å². The molecule has 4 aromatic heterocycles. The van der Waals surface area contributed by atoms with Crippen molar-refractivity contribution in [2.24, 2.45) is 0 Å². The van der Waals surface area contributed by atoms with Crippen LogP contribution in [0.15, 0.2) is 99.0 Å². The Kier molecular flexibility index (Phi) is 5.42. The second-order valence-electron chi connectivity index (χ2n) is 8.42. The Morgan fingerprint density at radius 1 is 0.806 bits per heavy atom. The summed E-state index contributed by atoms with van der Waals surface area (Å²) in [4.78, 5) is 49.3.